The van der Waals surface area contributed by atoms with Crippen LogP contribution in [0.5, 0.6) is 5.75 Å². The first-order valence-electron chi connectivity index (χ1n) is 10.9. The molecule has 1 fully saturated rings. The summed E-state index contributed by atoms with van der Waals surface area (Å²) in [5.74, 6) is 0.105. The zero-order valence-corrected chi connectivity index (χ0v) is 18.6. The SMILES string of the molecule is COC(=O)c1cc(NCc2cccc(OCc3ccc(F)cc3)c2)ccc1N1CCOCC1. The number of hydrogen-bond donors (Lipinski definition) is 1. The van der Waals surface area contributed by atoms with Gasteiger partial charge in [-0.1, -0.05) is 24.3 Å². The van der Waals surface area contributed by atoms with Crippen molar-refractivity contribution in [3.63, 3.8) is 0 Å². The van der Waals surface area contributed by atoms with Gasteiger partial charge in [0.15, 0.2) is 0 Å². The molecular weight excluding hydrogens is 423 g/mol. The lowest BCUT2D eigenvalue weighted by Gasteiger charge is -2.30. The highest BCUT2D eigenvalue weighted by molar-refractivity contribution is 5.97. The fourth-order valence-corrected chi connectivity index (χ4v) is 3.70. The number of carbonyl (C=O) groups excluding carboxylic acids is 1. The number of nitrogens with zero attached hydrogens (tertiary/aromatic N) is 1. The number of halogens is 1. The Morgan fingerprint density at radius 1 is 1.03 bits per heavy atom. The van der Waals surface area contributed by atoms with Gasteiger partial charge >= 0.3 is 5.97 Å². The van der Waals surface area contributed by atoms with Gasteiger partial charge in [-0.3, -0.25) is 0 Å². The van der Waals surface area contributed by atoms with Gasteiger partial charge in [-0.15, -0.1) is 0 Å². The van der Waals surface area contributed by atoms with Crippen LogP contribution in [0.1, 0.15) is 21.5 Å². The fourth-order valence-electron chi connectivity index (χ4n) is 3.70. The normalized spacial score (nSPS) is 13.5. The lowest BCUT2D eigenvalue weighted by molar-refractivity contribution is 0.0600. The second-order valence-corrected chi connectivity index (χ2v) is 7.74. The van der Waals surface area contributed by atoms with E-state index in [9.17, 15) is 9.18 Å². The van der Waals surface area contributed by atoms with Crippen LogP contribution < -0.4 is 15.0 Å². The number of rotatable bonds is 8. The molecule has 3 aromatic carbocycles. The van der Waals surface area contributed by atoms with Crippen molar-refractivity contribution in [2.75, 3.05) is 43.6 Å². The Morgan fingerprint density at radius 3 is 2.58 bits per heavy atom. The lowest BCUT2D eigenvalue weighted by atomic mass is 10.1. The molecule has 172 valence electrons. The van der Waals surface area contributed by atoms with Crippen LogP contribution >= 0.6 is 0 Å². The van der Waals surface area contributed by atoms with E-state index in [4.69, 9.17) is 14.2 Å². The molecule has 0 aromatic heterocycles. The molecule has 1 saturated heterocycles. The minimum absolute atomic E-state index is 0.264. The largest absolute Gasteiger partial charge is 0.489 e. The molecule has 1 heterocycles. The van der Waals surface area contributed by atoms with Gasteiger partial charge in [-0.25, -0.2) is 9.18 Å². The summed E-state index contributed by atoms with van der Waals surface area (Å²) in [5, 5.41) is 3.37. The van der Waals surface area contributed by atoms with Crippen molar-refractivity contribution in [3.8, 4) is 5.75 Å². The maximum Gasteiger partial charge on any atom is 0.340 e. The number of benzene rings is 3. The van der Waals surface area contributed by atoms with Crippen molar-refractivity contribution < 1.29 is 23.4 Å². The third-order valence-electron chi connectivity index (χ3n) is 5.47. The van der Waals surface area contributed by atoms with Crippen LogP contribution in [-0.4, -0.2) is 39.4 Å². The maximum absolute atomic E-state index is 13.1. The molecule has 4 rings (SSSR count). The molecule has 0 atom stereocenters. The van der Waals surface area contributed by atoms with E-state index >= 15 is 0 Å². The van der Waals surface area contributed by atoms with Crippen LogP contribution in [0.25, 0.3) is 0 Å². The third kappa shape index (κ3) is 6.02. The minimum Gasteiger partial charge on any atom is -0.489 e. The molecule has 6 nitrogen and oxygen atoms in total. The Balaban J connectivity index is 1.41. The molecular formula is C26H27FN2O4. The van der Waals surface area contributed by atoms with E-state index in [1.165, 1.54) is 19.2 Å². The number of hydrogen-bond acceptors (Lipinski definition) is 6. The predicted molar refractivity (Wildman–Crippen MR) is 125 cm³/mol. The Hall–Kier alpha value is -3.58. The summed E-state index contributed by atoms with van der Waals surface area (Å²) in [5.41, 5.74) is 4.14. The molecule has 0 amide bonds. The number of carbonyl (C=O) groups is 1. The van der Waals surface area contributed by atoms with Gasteiger partial charge in [0.25, 0.3) is 0 Å². The Bertz CT molecular complexity index is 1080. The smallest absolute Gasteiger partial charge is 0.340 e. The van der Waals surface area contributed by atoms with Crippen molar-refractivity contribution >= 4 is 17.3 Å². The van der Waals surface area contributed by atoms with Crippen LogP contribution in [0.3, 0.4) is 0 Å². The second kappa shape index (κ2) is 10.8. The van der Waals surface area contributed by atoms with Crippen molar-refractivity contribution in [1.82, 2.24) is 0 Å². The van der Waals surface area contributed by atoms with Crippen molar-refractivity contribution in [3.05, 3.63) is 89.2 Å². The summed E-state index contributed by atoms with van der Waals surface area (Å²) in [7, 11) is 1.39. The lowest BCUT2D eigenvalue weighted by Crippen LogP contribution is -2.37. The van der Waals surface area contributed by atoms with Crippen LogP contribution in [0.4, 0.5) is 15.8 Å². The minimum atomic E-state index is -0.365. The topological polar surface area (TPSA) is 60.0 Å². The van der Waals surface area contributed by atoms with Crippen LogP contribution in [-0.2, 0) is 22.6 Å². The molecule has 0 saturated carbocycles. The number of nitrogens with one attached hydrogen (secondary N) is 1. The van der Waals surface area contributed by atoms with Crippen molar-refractivity contribution in [2.45, 2.75) is 13.2 Å². The fraction of sp³-hybridized carbons (Fsp3) is 0.269. The average molecular weight is 451 g/mol. The number of ether oxygens (including phenoxy) is 3. The van der Waals surface area contributed by atoms with Crippen molar-refractivity contribution in [2.24, 2.45) is 0 Å². The number of esters is 1. The molecule has 0 bridgehead atoms. The molecule has 0 spiro atoms. The summed E-state index contributed by atoms with van der Waals surface area (Å²) in [6.07, 6.45) is 0. The van der Waals surface area contributed by atoms with Crippen LogP contribution in [0.15, 0.2) is 66.7 Å². The number of methoxy groups -OCH3 is 1. The quantitative estimate of drug-likeness (QED) is 0.505. The van der Waals surface area contributed by atoms with Gasteiger partial charge in [0, 0.05) is 25.3 Å². The summed E-state index contributed by atoms with van der Waals surface area (Å²) in [6.45, 7) is 3.68. The zero-order valence-electron chi connectivity index (χ0n) is 18.6. The van der Waals surface area contributed by atoms with Crippen LogP contribution in [0, 0.1) is 5.82 Å². The maximum atomic E-state index is 13.1. The first-order valence-corrected chi connectivity index (χ1v) is 10.9. The van der Waals surface area contributed by atoms with E-state index in [0.29, 0.717) is 31.9 Å². The van der Waals surface area contributed by atoms with E-state index in [1.54, 1.807) is 12.1 Å². The van der Waals surface area contributed by atoms with E-state index in [2.05, 4.69) is 10.2 Å². The molecule has 1 aliphatic heterocycles. The predicted octanol–water partition coefficient (Wildman–Crippen LogP) is 4.64. The molecule has 3 aromatic rings. The van der Waals surface area contributed by atoms with Gasteiger partial charge in [0.2, 0.25) is 0 Å². The van der Waals surface area contributed by atoms with Gasteiger partial charge < -0.3 is 24.4 Å². The number of morpholine rings is 1. The van der Waals surface area contributed by atoms with E-state index < -0.39 is 0 Å². The molecule has 1 N–H and O–H groups in total. The van der Waals surface area contributed by atoms with Gasteiger partial charge in [0.1, 0.15) is 18.2 Å². The summed E-state index contributed by atoms with van der Waals surface area (Å²) < 4.78 is 29.3. The van der Waals surface area contributed by atoms with Crippen molar-refractivity contribution in [1.29, 1.82) is 0 Å². The van der Waals surface area contributed by atoms with E-state index in [1.807, 2.05) is 42.5 Å². The molecule has 0 radical (unpaired) electrons. The first-order chi connectivity index (χ1) is 16.1. The molecule has 0 aliphatic carbocycles. The highest BCUT2D eigenvalue weighted by Crippen LogP contribution is 2.27. The summed E-state index contributed by atoms with van der Waals surface area (Å²) in [6, 6.07) is 19.8. The Labute approximate surface area is 192 Å². The number of anilines is 2. The second-order valence-electron chi connectivity index (χ2n) is 7.74. The average Bonchev–Trinajstić information content (AvgIpc) is 2.87. The molecule has 0 unspecified atom stereocenters. The molecule has 33 heavy (non-hydrogen) atoms. The van der Waals surface area contributed by atoms with Gasteiger partial charge in [-0.2, -0.15) is 0 Å². The Morgan fingerprint density at radius 2 is 1.82 bits per heavy atom. The first kappa shape index (κ1) is 22.6. The van der Waals surface area contributed by atoms with Gasteiger partial charge in [0.05, 0.1) is 31.6 Å². The highest BCUT2D eigenvalue weighted by Gasteiger charge is 2.20. The molecule has 7 heteroatoms. The standard InChI is InChI=1S/C26H27FN2O4/c1-31-26(30)24-16-22(9-10-25(24)29-11-13-32-14-12-29)28-17-20-3-2-4-23(15-20)33-18-19-5-7-21(27)8-6-19/h2-10,15-16,28H,11-14,17-18H2,1H3. The zero-order chi connectivity index (χ0) is 23.0. The summed E-state index contributed by atoms with van der Waals surface area (Å²) >= 11 is 0. The van der Waals surface area contributed by atoms with Crippen LogP contribution in [0.2, 0.25) is 0 Å². The third-order valence-corrected chi connectivity index (χ3v) is 5.47. The molecule has 1 aliphatic rings. The van der Waals surface area contributed by atoms with Gasteiger partial charge in [-0.05, 0) is 53.6 Å². The summed E-state index contributed by atoms with van der Waals surface area (Å²) in [4.78, 5) is 14.6. The van der Waals surface area contributed by atoms with E-state index in [-0.39, 0.29) is 11.8 Å². The highest BCUT2D eigenvalue weighted by atomic mass is 19.1. The Kier molecular flexibility index (Phi) is 7.42. The monoisotopic (exact) mass is 450 g/mol. The van der Waals surface area contributed by atoms with E-state index in [0.717, 1.165) is 41.3 Å².